The second-order valence-electron chi connectivity index (χ2n) is 6.61. The second kappa shape index (κ2) is 7.91. The minimum Gasteiger partial charge on any atom is -0.459 e. The minimum atomic E-state index is -0.281. The molecule has 1 unspecified atom stereocenters. The van der Waals surface area contributed by atoms with Crippen LogP contribution in [0.1, 0.15) is 85.5 Å². The maximum Gasteiger partial charge on any atom is 0.309 e. The number of ether oxygens (including phenoxy) is 1. The van der Waals surface area contributed by atoms with E-state index in [1.54, 1.807) is 0 Å². The van der Waals surface area contributed by atoms with Gasteiger partial charge < -0.3 is 4.74 Å². The summed E-state index contributed by atoms with van der Waals surface area (Å²) in [5, 5.41) is 0. The van der Waals surface area contributed by atoms with Gasteiger partial charge in [-0.15, -0.1) is 0 Å². The molecular formula is C17H32O2. The number of carbonyl (C=O) groups is 1. The third-order valence-corrected chi connectivity index (χ3v) is 4.68. The van der Waals surface area contributed by atoms with Crippen molar-refractivity contribution in [2.45, 2.75) is 91.1 Å². The highest BCUT2D eigenvalue weighted by Crippen LogP contribution is 2.35. The van der Waals surface area contributed by atoms with Crippen molar-refractivity contribution in [2.75, 3.05) is 0 Å². The van der Waals surface area contributed by atoms with E-state index in [9.17, 15) is 4.79 Å². The van der Waals surface area contributed by atoms with Crippen molar-refractivity contribution in [3.63, 3.8) is 0 Å². The van der Waals surface area contributed by atoms with Gasteiger partial charge in [0.25, 0.3) is 0 Å². The zero-order valence-electron chi connectivity index (χ0n) is 13.3. The third-order valence-electron chi connectivity index (χ3n) is 4.68. The van der Waals surface area contributed by atoms with E-state index in [2.05, 4.69) is 27.7 Å². The Kier molecular flexibility index (Phi) is 6.88. The summed E-state index contributed by atoms with van der Waals surface area (Å²) in [6.07, 6.45) is 10.5. The highest BCUT2D eigenvalue weighted by atomic mass is 16.6. The summed E-state index contributed by atoms with van der Waals surface area (Å²) >= 11 is 0. The summed E-state index contributed by atoms with van der Waals surface area (Å²) in [5.74, 6) is 0.684. The molecule has 2 heteroatoms. The SMILES string of the molecule is CCCCC(CC)C(=O)OC(C)(C)C1CCCCC1. The minimum absolute atomic E-state index is 0.0338. The average molecular weight is 268 g/mol. The van der Waals surface area contributed by atoms with Crippen LogP contribution in [0, 0.1) is 11.8 Å². The van der Waals surface area contributed by atoms with Crippen LogP contribution in [0.3, 0.4) is 0 Å². The van der Waals surface area contributed by atoms with E-state index in [-0.39, 0.29) is 17.5 Å². The molecule has 0 aromatic carbocycles. The molecule has 2 nitrogen and oxygen atoms in total. The predicted octanol–water partition coefficient (Wildman–Crippen LogP) is 5.10. The van der Waals surface area contributed by atoms with Crippen LogP contribution >= 0.6 is 0 Å². The molecule has 0 aliphatic heterocycles. The Labute approximate surface area is 119 Å². The molecule has 1 fully saturated rings. The molecule has 0 saturated heterocycles. The molecule has 0 aromatic rings. The topological polar surface area (TPSA) is 26.3 Å². The van der Waals surface area contributed by atoms with Crippen LogP contribution in [-0.4, -0.2) is 11.6 Å². The van der Waals surface area contributed by atoms with Crippen molar-refractivity contribution in [1.82, 2.24) is 0 Å². The van der Waals surface area contributed by atoms with Gasteiger partial charge in [0.05, 0.1) is 5.92 Å². The van der Waals surface area contributed by atoms with Crippen LogP contribution in [0.25, 0.3) is 0 Å². The van der Waals surface area contributed by atoms with Gasteiger partial charge in [0, 0.05) is 0 Å². The highest BCUT2D eigenvalue weighted by molar-refractivity contribution is 5.72. The number of carbonyl (C=O) groups excluding carboxylic acids is 1. The fourth-order valence-electron chi connectivity index (χ4n) is 3.16. The number of esters is 1. The van der Waals surface area contributed by atoms with Gasteiger partial charge in [0.15, 0.2) is 0 Å². The Hall–Kier alpha value is -0.530. The third kappa shape index (κ3) is 5.16. The lowest BCUT2D eigenvalue weighted by molar-refractivity contribution is -0.168. The molecule has 0 spiro atoms. The van der Waals surface area contributed by atoms with E-state index in [0.29, 0.717) is 5.92 Å². The number of hydrogen-bond donors (Lipinski definition) is 0. The monoisotopic (exact) mass is 268 g/mol. The van der Waals surface area contributed by atoms with Gasteiger partial charge in [-0.3, -0.25) is 4.79 Å². The smallest absolute Gasteiger partial charge is 0.309 e. The molecule has 0 bridgehead atoms. The zero-order valence-corrected chi connectivity index (χ0v) is 13.3. The van der Waals surface area contributed by atoms with Crippen LogP contribution in [0.15, 0.2) is 0 Å². The molecule has 0 radical (unpaired) electrons. The van der Waals surface area contributed by atoms with Crippen molar-refractivity contribution in [1.29, 1.82) is 0 Å². The highest BCUT2D eigenvalue weighted by Gasteiger charge is 2.35. The summed E-state index contributed by atoms with van der Waals surface area (Å²) in [6.45, 7) is 8.47. The molecule has 0 heterocycles. The molecule has 0 aromatic heterocycles. The quantitative estimate of drug-likeness (QED) is 0.600. The first-order chi connectivity index (χ1) is 9.01. The maximum atomic E-state index is 12.3. The Morgan fingerprint density at radius 2 is 1.84 bits per heavy atom. The number of rotatable bonds is 7. The van der Waals surface area contributed by atoms with Crippen molar-refractivity contribution in [2.24, 2.45) is 11.8 Å². The molecule has 1 atom stereocenters. The van der Waals surface area contributed by atoms with Crippen molar-refractivity contribution >= 4 is 5.97 Å². The van der Waals surface area contributed by atoms with Gasteiger partial charge in [0.1, 0.15) is 5.60 Å². The van der Waals surface area contributed by atoms with Crippen LogP contribution in [0.5, 0.6) is 0 Å². The number of unbranched alkanes of at least 4 members (excludes halogenated alkanes) is 1. The van der Waals surface area contributed by atoms with Gasteiger partial charge in [-0.2, -0.15) is 0 Å². The fraction of sp³-hybridized carbons (Fsp3) is 0.941. The molecule has 1 aliphatic rings. The number of hydrogen-bond acceptors (Lipinski definition) is 2. The van der Waals surface area contributed by atoms with Crippen molar-refractivity contribution in [3.8, 4) is 0 Å². The Bertz CT molecular complexity index is 264. The van der Waals surface area contributed by atoms with E-state index in [1.165, 1.54) is 32.1 Å². The Morgan fingerprint density at radius 3 is 2.37 bits per heavy atom. The zero-order chi connectivity index (χ0) is 14.3. The predicted molar refractivity (Wildman–Crippen MR) is 80.1 cm³/mol. The summed E-state index contributed by atoms with van der Waals surface area (Å²) in [5.41, 5.74) is -0.281. The molecule has 112 valence electrons. The molecule has 0 amide bonds. The summed E-state index contributed by atoms with van der Waals surface area (Å²) in [7, 11) is 0. The lowest BCUT2D eigenvalue weighted by Crippen LogP contribution is -2.39. The first-order valence-electron chi connectivity index (χ1n) is 8.24. The summed E-state index contributed by atoms with van der Waals surface area (Å²) in [4.78, 5) is 12.3. The van der Waals surface area contributed by atoms with Crippen molar-refractivity contribution < 1.29 is 9.53 Å². The molecule has 19 heavy (non-hydrogen) atoms. The van der Waals surface area contributed by atoms with Gasteiger partial charge in [0.2, 0.25) is 0 Å². The standard InChI is InChI=1S/C17H32O2/c1-5-7-11-14(6-2)16(18)19-17(3,4)15-12-9-8-10-13-15/h14-15H,5-13H2,1-4H3. The van der Waals surface area contributed by atoms with E-state index in [1.807, 2.05) is 0 Å². The average Bonchev–Trinajstić information content (AvgIpc) is 2.40. The fourth-order valence-corrected chi connectivity index (χ4v) is 3.16. The van der Waals surface area contributed by atoms with E-state index < -0.39 is 0 Å². The summed E-state index contributed by atoms with van der Waals surface area (Å²) in [6, 6.07) is 0. The Morgan fingerprint density at radius 1 is 1.21 bits per heavy atom. The van der Waals surface area contributed by atoms with Crippen LogP contribution in [0.2, 0.25) is 0 Å². The first-order valence-corrected chi connectivity index (χ1v) is 8.24. The second-order valence-corrected chi connectivity index (χ2v) is 6.61. The lowest BCUT2D eigenvalue weighted by atomic mass is 9.78. The lowest BCUT2D eigenvalue weighted by Gasteiger charge is -2.37. The Balaban J connectivity index is 2.51. The summed E-state index contributed by atoms with van der Waals surface area (Å²) < 4.78 is 5.89. The van der Waals surface area contributed by atoms with Gasteiger partial charge in [-0.05, 0) is 45.4 Å². The molecule has 0 N–H and O–H groups in total. The molecule has 1 saturated carbocycles. The van der Waals surface area contributed by atoms with Gasteiger partial charge in [-0.25, -0.2) is 0 Å². The molecular weight excluding hydrogens is 236 g/mol. The van der Waals surface area contributed by atoms with E-state index in [4.69, 9.17) is 4.74 Å². The van der Waals surface area contributed by atoms with E-state index >= 15 is 0 Å². The van der Waals surface area contributed by atoms with Gasteiger partial charge in [-0.1, -0.05) is 46.0 Å². The van der Waals surface area contributed by atoms with Gasteiger partial charge >= 0.3 is 5.97 Å². The molecule has 1 aliphatic carbocycles. The van der Waals surface area contributed by atoms with Crippen LogP contribution < -0.4 is 0 Å². The first kappa shape index (κ1) is 16.5. The van der Waals surface area contributed by atoms with Crippen LogP contribution in [-0.2, 0) is 9.53 Å². The van der Waals surface area contributed by atoms with Crippen LogP contribution in [0.4, 0.5) is 0 Å². The van der Waals surface area contributed by atoms with E-state index in [0.717, 1.165) is 25.7 Å². The normalized spacial score (nSPS) is 19.2. The largest absolute Gasteiger partial charge is 0.459 e. The molecule has 1 rings (SSSR count). The maximum absolute atomic E-state index is 12.3. The van der Waals surface area contributed by atoms with Crippen molar-refractivity contribution in [3.05, 3.63) is 0 Å².